The molecule has 0 atom stereocenters. The number of aromatic nitrogens is 1. The van der Waals surface area contributed by atoms with E-state index in [1.165, 1.54) is 12.3 Å². The van der Waals surface area contributed by atoms with Gasteiger partial charge in [0.25, 0.3) is 0 Å². The lowest BCUT2D eigenvalue weighted by molar-refractivity contribution is 0.276. The monoisotopic (exact) mass is 323 g/mol. The van der Waals surface area contributed by atoms with Gasteiger partial charge in [-0.25, -0.2) is 0 Å². The molecule has 0 bridgehead atoms. The van der Waals surface area contributed by atoms with Gasteiger partial charge in [0, 0.05) is 0 Å². The maximum absolute atomic E-state index is 12.1. The van der Waals surface area contributed by atoms with Crippen molar-refractivity contribution in [1.29, 1.82) is 0 Å². The zero-order valence-corrected chi connectivity index (χ0v) is 13.1. The molecule has 0 saturated heterocycles. The third-order valence-corrected chi connectivity index (χ3v) is 4.25. The molecule has 0 aliphatic heterocycles. The molecule has 0 saturated carbocycles. The lowest BCUT2D eigenvalue weighted by Crippen LogP contribution is -2.07. The van der Waals surface area contributed by atoms with E-state index in [4.69, 9.17) is 14.0 Å². The maximum Gasteiger partial charge on any atom is 0.300 e. The molecule has 2 rings (SSSR count). The molecule has 6 nitrogen and oxygen atoms in total. The summed E-state index contributed by atoms with van der Waals surface area (Å²) in [6.07, 6.45) is 1.42. The minimum atomic E-state index is -3.88. The van der Waals surface area contributed by atoms with Crippen LogP contribution in [0.3, 0.4) is 0 Å². The second-order valence-corrected chi connectivity index (χ2v) is 6.14. The SMILES string of the molecule is CCOS(=O)(=O)c1ccc(C)cc1Oc1ccc(CO)nc1. The van der Waals surface area contributed by atoms with E-state index in [0.29, 0.717) is 11.4 Å². The number of hydrogen-bond acceptors (Lipinski definition) is 6. The Bertz CT molecular complexity index is 741. The Morgan fingerprint density at radius 1 is 1.23 bits per heavy atom. The van der Waals surface area contributed by atoms with Crippen molar-refractivity contribution in [3.05, 3.63) is 47.8 Å². The highest BCUT2D eigenvalue weighted by Crippen LogP contribution is 2.30. The van der Waals surface area contributed by atoms with Gasteiger partial charge in [-0.2, -0.15) is 8.42 Å². The first-order valence-corrected chi connectivity index (χ1v) is 8.11. The summed E-state index contributed by atoms with van der Waals surface area (Å²) in [5.41, 5.74) is 1.35. The van der Waals surface area contributed by atoms with Crippen LogP contribution in [0.2, 0.25) is 0 Å². The van der Waals surface area contributed by atoms with Gasteiger partial charge in [-0.15, -0.1) is 0 Å². The van der Waals surface area contributed by atoms with Crippen LogP contribution in [-0.2, 0) is 20.9 Å². The van der Waals surface area contributed by atoms with Crippen LogP contribution in [0.25, 0.3) is 0 Å². The van der Waals surface area contributed by atoms with E-state index >= 15 is 0 Å². The molecule has 1 N–H and O–H groups in total. The van der Waals surface area contributed by atoms with Gasteiger partial charge in [-0.05, 0) is 43.7 Å². The van der Waals surface area contributed by atoms with E-state index in [9.17, 15) is 8.42 Å². The number of pyridine rings is 1. The number of hydrogen-bond donors (Lipinski definition) is 1. The van der Waals surface area contributed by atoms with Gasteiger partial charge in [0.1, 0.15) is 16.4 Å². The Morgan fingerprint density at radius 2 is 2.00 bits per heavy atom. The largest absolute Gasteiger partial charge is 0.454 e. The van der Waals surface area contributed by atoms with E-state index in [1.54, 1.807) is 31.2 Å². The van der Waals surface area contributed by atoms with Gasteiger partial charge in [0.15, 0.2) is 0 Å². The predicted molar refractivity (Wildman–Crippen MR) is 80.2 cm³/mol. The molecule has 0 amide bonds. The Kier molecular flexibility index (Phi) is 5.12. The van der Waals surface area contributed by atoms with Crippen LogP contribution in [0.4, 0.5) is 0 Å². The van der Waals surface area contributed by atoms with Crippen LogP contribution >= 0.6 is 0 Å². The van der Waals surface area contributed by atoms with Crippen molar-refractivity contribution in [3.8, 4) is 11.5 Å². The molecule has 0 unspecified atom stereocenters. The summed E-state index contributed by atoms with van der Waals surface area (Å²) in [5, 5.41) is 8.97. The van der Waals surface area contributed by atoms with Gasteiger partial charge in [0.2, 0.25) is 0 Å². The first-order valence-electron chi connectivity index (χ1n) is 6.70. The molecule has 0 fully saturated rings. The molecular formula is C15H17NO5S. The summed E-state index contributed by atoms with van der Waals surface area (Å²) in [7, 11) is -3.88. The molecule has 0 radical (unpaired) electrons. The summed E-state index contributed by atoms with van der Waals surface area (Å²) < 4.78 is 34.6. The lowest BCUT2D eigenvalue weighted by atomic mass is 10.2. The Hall–Kier alpha value is -1.96. The van der Waals surface area contributed by atoms with Gasteiger partial charge in [-0.3, -0.25) is 9.17 Å². The maximum atomic E-state index is 12.1. The second-order valence-electron chi connectivity index (χ2n) is 4.56. The average molecular weight is 323 g/mol. The number of aliphatic hydroxyl groups is 1. The highest BCUT2D eigenvalue weighted by atomic mass is 32.2. The minimum Gasteiger partial charge on any atom is -0.454 e. The summed E-state index contributed by atoms with van der Waals surface area (Å²) in [6.45, 7) is 3.30. The third-order valence-electron chi connectivity index (χ3n) is 2.83. The molecule has 0 spiro atoms. The van der Waals surface area contributed by atoms with E-state index in [1.807, 2.05) is 6.92 Å². The first kappa shape index (κ1) is 16.4. The minimum absolute atomic E-state index is 0.0359. The predicted octanol–water partition coefficient (Wildman–Crippen LogP) is 2.40. The summed E-state index contributed by atoms with van der Waals surface area (Å²) in [6, 6.07) is 7.95. The van der Waals surface area contributed by atoms with Crippen molar-refractivity contribution in [2.45, 2.75) is 25.3 Å². The zero-order chi connectivity index (χ0) is 16.2. The Balaban J connectivity index is 2.38. The number of aryl methyl sites for hydroxylation is 1. The number of rotatable bonds is 6. The molecular weight excluding hydrogens is 306 g/mol. The van der Waals surface area contributed by atoms with Gasteiger partial charge >= 0.3 is 10.1 Å². The Morgan fingerprint density at radius 3 is 2.59 bits per heavy atom. The third kappa shape index (κ3) is 3.82. The summed E-state index contributed by atoms with van der Waals surface area (Å²) >= 11 is 0. The molecule has 2 aromatic rings. The number of benzene rings is 1. The average Bonchev–Trinajstić information content (AvgIpc) is 2.48. The first-order chi connectivity index (χ1) is 10.5. The highest BCUT2D eigenvalue weighted by molar-refractivity contribution is 7.86. The van der Waals surface area contributed by atoms with Crippen LogP contribution in [0.1, 0.15) is 18.2 Å². The number of nitrogens with zero attached hydrogens (tertiary/aromatic N) is 1. The number of aliphatic hydroxyl groups excluding tert-OH is 1. The fraction of sp³-hybridized carbons (Fsp3) is 0.267. The molecule has 22 heavy (non-hydrogen) atoms. The fourth-order valence-electron chi connectivity index (χ4n) is 1.81. The van der Waals surface area contributed by atoms with E-state index in [2.05, 4.69) is 4.98 Å². The van der Waals surface area contributed by atoms with E-state index in [0.717, 1.165) is 5.56 Å². The van der Waals surface area contributed by atoms with Crippen molar-refractivity contribution in [2.24, 2.45) is 0 Å². The molecule has 1 aromatic carbocycles. The van der Waals surface area contributed by atoms with Crippen LogP contribution in [0.15, 0.2) is 41.4 Å². The van der Waals surface area contributed by atoms with E-state index < -0.39 is 10.1 Å². The van der Waals surface area contributed by atoms with E-state index in [-0.39, 0.29) is 23.9 Å². The molecule has 118 valence electrons. The quantitative estimate of drug-likeness (QED) is 0.822. The van der Waals surface area contributed by atoms with Gasteiger partial charge < -0.3 is 9.84 Å². The van der Waals surface area contributed by atoms with Crippen LogP contribution in [-0.4, -0.2) is 25.1 Å². The standard InChI is InChI=1S/C15H17NO5S/c1-3-20-22(18,19)15-7-4-11(2)8-14(15)21-13-6-5-12(10-17)16-9-13/h4-9,17H,3,10H2,1-2H3. The highest BCUT2D eigenvalue weighted by Gasteiger charge is 2.21. The summed E-state index contributed by atoms with van der Waals surface area (Å²) in [5.74, 6) is 0.544. The van der Waals surface area contributed by atoms with Gasteiger partial charge in [-0.1, -0.05) is 6.07 Å². The van der Waals surface area contributed by atoms with Crippen molar-refractivity contribution >= 4 is 10.1 Å². The molecule has 1 aromatic heterocycles. The Labute approximate surface area is 129 Å². The second kappa shape index (κ2) is 6.87. The van der Waals surface area contributed by atoms with Crippen LogP contribution in [0, 0.1) is 6.92 Å². The summed E-state index contributed by atoms with van der Waals surface area (Å²) in [4.78, 5) is 3.95. The molecule has 1 heterocycles. The number of ether oxygens (including phenoxy) is 1. The fourth-order valence-corrected chi connectivity index (χ4v) is 2.83. The van der Waals surface area contributed by atoms with Crippen molar-refractivity contribution in [2.75, 3.05) is 6.61 Å². The van der Waals surface area contributed by atoms with Crippen LogP contribution < -0.4 is 4.74 Å². The lowest BCUT2D eigenvalue weighted by Gasteiger charge is -2.12. The smallest absolute Gasteiger partial charge is 0.300 e. The molecule has 0 aliphatic rings. The molecule has 0 aliphatic carbocycles. The van der Waals surface area contributed by atoms with Crippen molar-refractivity contribution < 1.29 is 22.4 Å². The normalized spacial score (nSPS) is 11.4. The van der Waals surface area contributed by atoms with Gasteiger partial charge in [0.05, 0.1) is 25.1 Å². The zero-order valence-electron chi connectivity index (χ0n) is 12.3. The van der Waals surface area contributed by atoms with Crippen molar-refractivity contribution in [3.63, 3.8) is 0 Å². The van der Waals surface area contributed by atoms with Crippen LogP contribution in [0.5, 0.6) is 11.5 Å². The molecule has 7 heteroatoms. The topological polar surface area (TPSA) is 85.7 Å². The van der Waals surface area contributed by atoms with Crippen molar-refractivity contribution in [1.82, 2.24) is 4.98 Å².